The third-order valence-electron chi connectivity index (χ3n) is 2.44. The molecule has 0 atom stereocenters. The molecule has 0 fully saturated rings. The van der Waals surface area contributed by atoms with E-state index in [4.69, 9.17) is 4.52 Å². The van der Waals surface area contributed by atoms with Gasteiger partial charge < -0.3 is 4.52 Å². The second kappa shape index (κ2) is 4.73. The number of nitrogens with zero attached hydrogens (tertiary/aromatic N) is 4. The van der Waals surface area contributed by atoms with Gasteiger partial charge in [0.25, 0.3) is 0 Å². The second-order valence-corrected chi connectivity index (χ2v) is 4.73. The van der Waals surface area contributed by atoms with Crippen LogP contribution >= 0.6 is 11.8 Å². The zero-order valence-electron chi connectivity index (χ0n) is 9.70. The molecule has 3 rings (SSSR count). The standard InChI is InChI=1S/C12H10N4OS/c1-8-14-11(17-16-8)7-18-12-10-5-3-2-4-9(10)6-13-15-12/h2-6H,7H2,1H3. The van der Waals surface area contributed by atoms with Crippen LogP contribution in [-0.4, -0.2) is 20.3 Å². The van der Waals surface area contributed by atoms with Crippen molar-refractivity contribution in [1.29, 1.82) is 0 Å². The molecular formula is C12H10N4OS. The van der Waals surface area contributed by atoms with Crippen LogP contribution in [0.25, 0.3) is 10.8 Å². The molecule has 6 heteroatoms. The van der Waals surface area contributed by atoms with E-state index in [2.05, 4.69) is 20.3 Å². The molecule has 0 saturated heterocycles. The highest BCUT2D eigenvalue weighted by Crippen LogP contribution is 2.26. The van der Waals surface area contributed by atoms with Crippen molar-refractivity contribution in [2.45, 2.75) is 17.7 Å². The van der Waals surface area contributed by atoms with E-state index in [9.17, 15) is 0 Å². The summed E-state index contributed by atoms with van der Waals surface area (Å²) in [6.07, 6.45) is 1.76. The molecule has 2 heterocycles. The predicted octanol–water partition coefficient (Wildman–Crippen LogP) is 2.61. The Morgan fingerprint density at radius 3 is 3.00 bits per heavy atom. The molecule has 90 valence electrons. The Kier molecular flexibility index (Phi) is 2.93. The quantitative estimate of drug-likeness (QED) is 0.673. The summed E-state index contributed by atoms with van der Waals surface area (Å²) in [4.78, 5) is 4.16. The van der Waals surface area contributed by atoms with Crippen LogP contribution in [0.4, 0.5) is 0 Å². The lowest BCUT2D eigenvalue weighted by Gasteiger charge is -2.01. The molecular weight excluding hydrogens is 248 g/mol. The van der Waals surface area contributed by atoms with E-state index in [1.165, 1.54) is 0 Å². The first-order valence-corrected chi connectivity index (χ1v) is 6.44. The van der Waals surface area contributed by atoms with Crippen LogP contribution in [0.1, 0.15) is 11.7 Å². The Balaban J connectivity index is 1.86. The summed E-state index contributed by atoms with van der Waals surface area (Å²) in [6, 6.07) is 8.03. The van der Waals surface area contributed by atoms with Crippen LogP contribution in [0.2, 0.25) is 0 Å². The maximum atomic E-state index is 5.07. The van der Waals surface area contributed by atoms with Gasteiger partial charge in [-0.2, -0.15) is 10.1 Å². The largest absolute Gasteiger partial charge is 0.338 e. The minimum absolute atomic E-state index is 0.601. The van der Waals surface area contributed by atoms with Gasteiger partial charge in [-0.1, -0.05) is 41.2 Å². The zero-order valence-corrected chi connectivity index (χ0v) is 10.5. The van der Waals surface area contributed by atoms with E-state index >= 15 is 0 Å². The highest BCUT2D eigenvalue weighted by Gasteiger charge is 2.07. The van der Waals surface area contributed by atoms with E-state index in [0.29, 0.717) is 17.5 Å². The van der Waals surface area contributed by atoms with Gasteiger partial charge in [-0.05, 0) is 6.92 Å². The molecule has 0 unspecified atom stereocenters. The Morgan fingerprint density at radius 1 is 1.28 bits per heavy atom. The SMILES string of the molecule is Cc1noc(CSc2nncc3ccccc23)n1. The van der Waals surface area contributed by atoms with Crippen LogP contribution in [0, 0.1) is 6.92 Å². The van der Waals surface area contributed by atoms with Gasteiger partial charge in [0, 0.05) is 10.8 Å². The van der Waals surface area contributed by atoms with Gasteiger partial charge in [0.05, 0.1) is 11.9 Å². The predicted molar refractivity (Wildman–Crippen MR) is 68.1 cm³/mol. The number of hydrogen-bond acceptors (Lipinski definition) is 6. The van der Waals surface area contributed by atoms with Gasteiger partial charge in [0.15, 0.2) is 5.82 Å². The first kappa shape index (κ1) is 11.2. The molecule has 0 amide bonds. The number of rotatable bonds is 3. The lowest BCUT2D eigenvalue weighted by molar-refractivity contribution is 0.387. The smallest absolute Gasteiger partial charge is 0.237 e. The maximum absolute atomic E-state index is 5.07. The zero-order chi connectivity index (χ0) is 12.4. The summed E-state index contributed by atoms with van der Waals surface area (Å²) in [5.74, 6) is 1.85. The van der Waals surface area contributed by atoms with Crippen LogP contribution in [0.3, 0.4) is 0 Å². The van der Waals surface area contributed by atoms with Gasteiger partial charge >= 0.3 is 0 Å². The summed E-state index contributed by atoms with van der Waals surface area (Å²) >= 11 is 1.55. The number of hydrogen-bond donors (Lipinski definition) is 0. The Bertz CT molecular complexity index is 677. The van der Waals surface area contributed by atoms with Crippen molar-refractivity contribution in [3.63, 3.8) is 0 Å². The van der Waals surface area contributed by atoms with Gasteiger partial charge in [0.2, 0.25) is 5.89 Å². The number of benzene rings is 1. The van der Waals surface area contributed by atoms with Gasteiger partial charge in [-0.15, -0.1) is 5.10 Å². The lowest BCUT2D eigenvalue weighted by Crippen LogP contribution is -1.88. The second-order valence-electron chi connectivity index (χ2n) is 3.76. The van der Waals surface area contributed by atoms with Gasteiger partial charge in [-0.25, -0.2) is 0 Å². The summed E-state index contributed by atoms with van der Waals surface area (Å²) in [7, 11) is 0. The molecule has 1 aromatic carbocycles. The average molecular weight is 258 g/mol. The minimum atomic E-state index is 0.601. The monoisotopic (exact) mass is 258 g/mol. The Hall–Kier alpha value is -1.95. The molecule has 0 aliphatic carbocycles. The van der Waals surface area contributed by atoms with E-state index in [-0.39, 0.29) is 0 Å². The molecule has 0 saturated carbocycles. The highest BCUT2D eigenvalue weighted by molar-refractivity contribution is 7.98. The molecule has 18 heavy (non-hydrogen) atoms. The van der Waals surface area contributed by atoms with Crippen molar-refractivity contribution in [3.05, 3.63) is 42.2 Å². The maximum Gasteiger partial charge on any atom is 0.237 e. The van der Waals surface area contributed by atoms with E-state index < -0.39 is 0 Å². The normalized spacial score (nSPS) is 10.9. The summed E-state index contributed by atoms with van der Waals surface area (Å²) in [5.41, 5.74) is 0. The van der Waals surface area contributed by atoms with Gasteiger partial charge in [-0.3, -0.25) is 0 Å². The molecule has 0 spiro atoms. The summed E-state index contributed by atoms with van der Waals surface area (Å²) in [6.45, 7) is 1.80. The molecule has 0 radical (unpaired) electrons. The number of aryl methyl sites for hydroxylation is 1. The number of thioether (sulfide) groups is 1. The fourth-order valence-corrected chi connectivity index (χ4v) is 2.46. The third-order valence-corrected chi connectivity index (χ3v) is 3.40. The molecule has 0 N–H and O–H groups in total. The molecule has 0 bridgehead atoms. The van der Waals surface area contributed by atoms with Crippen LogP contribution in [0.5, 0.6) is 0 Å². The van der Waals surface area contributed by atoms with Gasteiger partial charge in [0.1, 0.15) is 5.03 Å². The molecule has 2 aromatic heterocycles. The molecule has 0 aliphatic heterocycles. The van der Waals surface area contributed by atoms with Crippen molar-refractivity contribution in [1.82, 2.24) is 20.3 Å². The van der Waals surface area contributed by atoms with Crippen molar-refractivity contribution in [2.24, 2.45) is 0 Å². The number of aromatic nitrogens is 4. The average Bonchev–Trinajstić information content (AvgIpc) is 2.82. The van der Waals surface area contributed by atoms with Crippen LogP contribution in [0.15, 0.2) is 40.0 Å². The minimum Gasteiger partial charge on any atom is -0.338 e. The Morgan fingerprint density at radius 2 is 2.17 bits per heavy atom. The van der Waals surface area contributed by atoms with Crippen molar-refractivity contribution in [2.75, 3.05) is 0 Å². The molecule has 3 aromatic rings. The Labute approximate surface area is 108 Å². The third kappa shape index (κ3) is 2.19. The summed E-state index contributed by atoms with van der Waals surface area (Å²) in [5, 5.41) is 15.0. The molecule has 0 aliphatic rings. The summed E-state index contributed by atoms with van der Waals surface area (Å²) < 4.78 is 5.07. The first-order valence-electron chi connectivity index (χ1n) is 5.45. The van der Waals surface area contributed by atoms with E-state index in [1.807, 2.05) is 24.3 Å². The fraction of sp³-hybridized carbons (Fsp3) is 0.167. The van der Waals surface area contributed by atoms with Crippen molar-refractivity contribution < 1.29 is 4.52 Å². The first-order chi connectivity index (χ1) is 8.83. The van der Waals surface area contributed by atoms with E-state index in [1.54, 1.807) is 24.9 Å². The van der Waals surface area contributed by atoms with Crippen LogP contribution in [-0.2, 0) is 5.75 Å². The number of fused-ring (bicyclic) bond motifs is 1. The van der Waals surface area contributed by atoms with Crippen molar-refractivity contribution in [3.8, 4) is 0 Å². The van der Waals surface area contributed by atoms with E-state index in [0.717, 1.165) is 15.8 Å². The van der Waals surface area contributed by atoms with Crippen molar-refractivity contribution >= 4 is 22.5 Å². The topological polar surface area (TPSA) is 64.7 Å². The molecule has 5 nitrogen and oxygen atoms in total. The fourth-order valence-electron chi connectivity index (χ4n) is 1.64. The highest BCUT2D eigenvalue weighted by atomic mass is 32.2. The lowest BCUT2D eigenvalue weighted by atomic mass is 10.2. The van der Waals surface area contributed by atoms with Crippen LogP contribution < -0.4 is 0 Å².